The van der Waals surface area contributed by atoms with Gasteiger partial charge in [0.15, 0.2) is 11.5 Å². The number of rotatable bonds is 6. The van der Waals surface area contributed by atoms with Gasteiger partial charge in [0.05, 0.1) is 29.3 Å². The molecule has 1 aliphatic carbocycles. The molecule has 0 aromatic carbocycles. The normalized spacial score (nSPS) is 21.4. The number of hydrogen-bond acceptors (Lipinski definition) is 9. The summed E-state index contributed by atoms with van der Waals surface area (Å²) in [6, 6.07) is 0.962. The topological polar surface area (TPSA) is 175 Å². The first-order chi connectivity index (χ1) is 19.0. The van der Waals surface area contributed by atoms with Gasteiger partial charge in [-0.2, -0.15) is 5.10 Å². The van der Waals surface area contributed by atoms with Crippen LogP contribution in [0.25, 0.3) is 22.2 Å². The number of halogens is 1. The van der Waals surface area contributed by atoms with Crippen LogP contribution < -0.4 is 11.1 Å². The average Bonchev–Trinajstić information content (AvgIpc) is 3.25. The van der Waals surface area contributed by atoms with Crippen molar-refractivity contribution >= 4 is 50.4 Å². The quantitative estimate of drug-likeness (QED) is 0.334. The average molecular weight is 605 g/mol. The minimum Gasteiger partial charge on any atom is -0.364 e. The first-order valence-corrected chi connectivity index (χ1v) is 13.4. The van der Waals surface area contributed by atoms with Gasteiger partial charge in [-0.3, -0.25) is 29.0 Å². The number of nitrogens with two attached hydrogens (primary N) is 1. The molecule has 204 valence electrons. The van der Waals surface area contributed by atoms with E-state index in [-0.39, 0.29) is 41.3 Å². The van der Waals surface area contributed by atoms with Crippen LogP contribution in [-0.4, -0.2) is 69.4 Å². The lowest BCUT2D eigenvalue weighted by Gasteiger charge is -2.26. The van der Waals surface area contributed by atoms with Crippen LogP contribution in [0.1, 0.15) is 41.8 Å². The number of nitrogens with zero attached hydrogens (tertiary/aromatic N) is 8. The third-order valence-corrected chi connectivity index (χ3v) is 7.96. The van der Waals surface area contributed by atoms with Gasteiger partial charge >= 0.3 is 0 Å². The number of nitrogens with one attached hydrogen (secondary N) is 1. The molecule has 3 amide bonds. The summed E-state index contributed by atoms with van der Waals surface area (Å²) in [7, 11) is 0. The van der Waals surface area contributed by atoms with Crippen LogP contribution in [0.4, 0.5) is 5.82 Å². The van der Waals surface area contributed by atoms with Crippen LogP contribution in [0, 0.1) is 19.3 Å². The van der Waals surface area contributed by atoms with Gasteiger partial charge in [0.25, 0.3) is 5.91 Å². The molecule has 4 aromatic heterocycles. The van der Waals surface area contributed by atoms with Crippen LogP contribution in [0.2, 0.25) is 0 Å². The lowest BCUT2D eigenvalue weighted by atomic mass is 10.0. The molecule has 0 spiro atoms. The molecule has 1 saturated heterocycles. The molecule has 3 unspecified atom stereocenters. The Balaban J connectivity index is 1.32. The molecular weight excluding hydrogens is 580 g/mol. The fraction of sp³-hybridized carbons (Fsp3) is 0.346. The van der Waals surface area contributed by atoms with Gasteiger partial charge in [-0.15, -0.1) is 0 Å². The smallest absolute Gasteiger partial charge is 0.269 e. The Morgan fingerprint density at radius 3 is 2.58 bits per heavy atom. The summed E-state index contributed by atoms with van der Waals surface area (Å²) in [4.78, 5) is 62.4. The van der Waals surface area contributed by atoms with Crippen molar-refractivity contribution in [1.29, 1.82) is 0 Å². The number of amides is 3. The highest BCUT2D eigenvalue weighted by atomic mass is 79.9. The number of primary amides is 1. The second kappa shape index (κ2) is 9.40. The number of fused-ring (bicyclic) bond motifs is 2. The van der Waals surface area contributed by atoms with E-state index in [9.17, 15) is 14.4 Å². The van der Waals surface area contributed by atoms with Crippen molar-refractivity contribution in [3.63, 3.8) is 0 Å². The molecule has 4 aromatic rings. The molecule has 1 saturated carbocycles. The predicted octanol–water partition coefficient (Wildman–Crippen LogP) is 2.17. The molecule has 3 atom stereocenters. The first-order valence-electron chi connectivity index (χ1n) is 12.6. The molecule has 5 heterocycles. The molecule has 6 rings (SSSR count). The Bertz CT molecular complexity index is 1710. The van der Waals surface area contributed by atoms with E-state index in [1.165, 1.54) is 17.1 Å². The molecule has 3 N–H and O–H groups in total. The Kier molecular flexibility index (Phi) is 6.09. The Morgan fingerprint density at radius 1 is 1.12 bits per heavy atom. The summed E-state index contributed by atoms with van der Waals surface area (Å²) in [5.41, 5.74) is 7.87. The zero-order chi connectivity index (χ0) is 28.3. The number of piperidine rings is 1. The van der Waals surface area contributed by atoms with Gasteiger partial charge < -0.3 is 16.0 Å². The van der Waals surface area contributed by atoms with Crippen LogP contribution in [0.3, 0.4) is 0 Å². The monoisotopic (exact) mass is 604 g/mol. The van der Waals surface area contributed by atoms with Gasteiger partial charge in [0.2, 0.25) is 11.8 Å². The van der Waals surface area contributed by atoms with Crippen LogP contribution in [0.5, 0.6) is 0 Å². The Morgan fingerprint density at radius 2 is 1.88 bits per heavy atom. The van der Waals surface area contributed by atoms with E-state index in [1.807, 2.05) is 0 Å². The Hall–Kier alpha value is -4.33. The molecule has 2 aliphatic rings. The number of hydrogen-bond donors (Lipinski definition) is 2. The highest BCUT2D eigenvalue weighted by Crippen LogP contribution is 2.59. The van der Waals surface area contributed by atoms with Gasteiger partial charge in [0.1, 0.15) is 23.0 Å². The van der Waals surface area contributed by atoms with E-state index in [0.29, 0.717) is 44.7 Å². The number of carbonyl (C=O) groups excluding carboxylic acids is 3. The zero-order valence-corrected chi connectivity index (χ0v) is 23.5. The first kappa shape index (κ1) is 25.9. The van der Waals surface area contributed by atoms with E-state index >= 15 is 0 Å². The molecule has 13 nitrogen and oxygen atoms in total. The molecule has 14 heteroatoms. The third-order valence-electron chi connectivity index (χ3n) is 7.58. The molecule has 2 fully saturated rings. The van der Waals surface area contributed by atoms with Crippen molar-refractivity contribution in [2.45, 2.75) is 52.2 Å². The van der Waals surface area contributed by atoms with E-state index in [0.717, 1.165) is 6.42 Å². The van der Waals surface area contributed by atoms with Gasteiger partial charge in [0, 0.05) is 29.4 Å². The van der Waals surface area contributed by atoms with Crippen LogP contribution in [-0.2, 0) is 16.1 Å². The highest BCUT2D eigenvalue weighted by molar-refractivity contribution is 9.10. The summed E-state index contributed by atoms with van der Waals surface area (Å²) in [5, 5.41) is 7.66. The minimum absolute atomic E-state index is 0.0304. The lowest BCUT2D eigenvalue weighted by Crippen LogP contribution is -2.46. The highest BCUT2D eigenvalue weighted by Gasteiger charge is 2.64. The van der Waals surface area contributed by atoms with E-state index in [1.54, 1.807) is 37.2 Å². The standard InChI is InChI=1S/C26H25BrN10O3/c1-12-23-15(4-16(32-12)14-7-30-13(2)31-8-14)22(24(28)39)35-36(23)11-21(38)37-17(5-26(3)6-18(26)37)25(40)34-20-10-29-9-19(27)33-20/h4,7-10,17-18H,5-6,11H2,1-3H3,(H2,28,39)(H,33,34,40). The number of aryl methyl sites for hydroxylation is 2. The second-order valence-corrected chi connectivity index (χ2v) is 11.3. The molecule has 40 heavy (non-hydrogen) atoms. The third kappa shape index (κ3) is 4.47. The summed E-state index contributed by atoms with van der Waals surface area (Å²) in [6.07, 6.45) is 7.61. The zero-order valence-electron chi connectivity index (χ0n) is 21.9. The number of anilines is 1. The van der Waals surface area contributed by atoms with E-state index in [2.05, 4.69) is 58.2 Å². The predicted molar refractivity (Wildman–Crippen MR) is 147 cm³/mol. The lowest BCUT2D eigenvalue weighted by molar-refractivity contribution is -0.138. The molecule has 0 bridgehead atoms. The minimum atomic E-state index is -0.726. The fourth-order valence-corrected chi connectivity index (χ4v) is 5.86. The van der Waals surface area contributed by atoms with Crippen molar-refractivity contribution in [3.05, 3.63) is 52.7 Å². The van der Waals surface area contributed by atoms with Crippen molar-refractivity contribution in [3.8, 4) is 11.3 Å². The van der Waals surface area contributed by atoms with Gasteiger partial charge in [-0.1, -0.05) is 6.92 Å². The van der Waals surface area contributed by atoms with Crippen molar-refractivity contribution in [2.24, 2.45) is 11.1 Å². The molecule has 0 radical (unpaired) electrons. The summed E-state index contributed by atoms with van der Waals surface area (Å²) < 4.78 is 1.93. The number of pyridine rings is 1. The number of aromatic nitrogens is 7. The molecule has 1 aliphatic heterocycles. The maximum Gasteiger partial charge on any atom is 0.269 e. The van der Waals surface area contributed by atoms with Gasteiger partial charge in [-0.25, -0.2) is 15.0 Å². The van der Waals surface area contributed by atoms with Crippen molar-refractivity contribution in [2.75, 3.05) is 5.32 Å². The number of likely N-dealkylation sites (tertiary alicyclic amines) is 1. The van der Waals surface area contributed by atoms with Gasteiger partial charge in [-0.05, 0) is 54.1 Å². The summed E-state index contributed by atoms with van der Waals surface area (Å²) in [5.74, 6) is -0.437. The van der Waals surface area contributed by atoms with Crippen LogP contribution in [0.15, 0.2) is 35.5 Å². The summed E-state index contributed by atoms with van der Waals surface area (Å²) in [6.45, 7) is 5.44. The maximum absolute atomic E-state index is 13.8. The van der Waals surface area contributed by atoms with Crippen LogP contribution >= 0.6 is 15.9 Å². The molecular formula is C26H25BrN10O3. The van der Waals surface area contributed by atoms with Crippen molar-refractivity contribution < 1.29 is 14.4 Å². The van der Waals surface area contributed by atoms with E-state index in [4.69, 9.17) is 5.73 Å². The Labute approximate surface area is 236 Å². The fourth-order valence-electron chi connectivity index (χ4n) is 5.55. The maximum atomic E-state index is 13.8. The summed E-state index contributed by atoms with van der Waals surface area (Å²) >= 11 is 3.25. The number of carbonyl (C=O) groups is 3. The second-order valence-electron chi connectivity index (χ2n) is 10.5. The SMILES string of the molecule is Cc1ncc(-c2cc3c(C(N)=O)nn(CC(=O)N4C(C(=O)Nc5cncc(Br)n5)CC5(C)CC45)c3c(C)n2)cn1. The van der Waals surface area contributed by atoms with E-state index < -0.39 is 11.9 Å². The van der Waals surface area contributed by atoms with Crippen molar-refractivity contribution in [1.82, 2.24) is 39.6 Å². The largest absolute Gasteiger partial charge is 0.364 e.